The Morgan fingerprint density at radius 1 is 0.818 bits per heavy atom. The second kappa shape index (κ2) is 8.17. The van der Waals surface area contributed by atoms with Gasteiger partial charge in [0.25, 0.3) is 5.91 Å². The van der Waals surface area contributed by atoms with Crippen molar-refractivity contribution in [2.75, 3.05) is 0 Å². The van der Waals surface area contributed by atoms with Gasteiger partial charge in [0.15, 0.2) is 0 Å². The molecule has 2 aromatic heterocycles. The van der Waals surface area contributed by atoms with Crippen molar-refractivity contribution in [3.63, 3.8) is 0 Å². The van der Waals surface area contributed by atoms with Gasteiger partial charge < -0.3 is 5.73 Å². The molecule has 5 rings (SSSR count). The summed E-state index contributed by atoms with van der Waals surface area (Å²) < 4.78 is 40.0. The van der Waals surface area contributed by atoms with Crippen LogP contribution in [-0.4, -0.2) is 5.91 Å². The molecule has 0 atom stereocenters. The number of halogens is 3. The fraction of sp³-hybridized carbons (Fsp3) is 0.0385. The Bertz CT molecular complexity index is 1450. The molecule has 0 saturated heterocycles. The topological polar surface area (TPSA) is 43.1 Å². The molecule has 5 aromatic rings. The highest BCUT2D eigenvalue weighted by Gasteiger charge is 2.30. The Morgan fingerprint density at radius 3 is 2.15 bits per heavy atom. The zero-order valence-corrected chi connectivity index (χ0v) is 18.7. The summed E-state index contributed by atoms with van der Waals surface area (Å²) in [4.78, 5) is 14.2. The van der Waals surface area contributed by atoms with Crippen LogP contribution < -0.4 is 5.73 Å². The van der Waals surface area contributed by atoms with Gasteiger partial charge in [-0.3, -0.25) is 4.79 Å². The van der Waals surface area contributed by atoms with Crippen molar-refractivity contribution in [3.05, 3.63) is 95.4 Å². The SMILES string of the molecule is NC(=O)c1c(-c2ccc(C(F)(F)F)cc2)sc2cc(-c3ccccc3)cc(-c3cccs3)c12. The predicted molar refractivity (Wildman–Crippen MR) is 130 cm³/mol. The fourth-order valence-corrected chi connectivity index (χ4v) is 5.93. The number of hydrogen-bond acceptors (Lipinski definition) is 3. The Hall–Kier alpha value is -3.42. The monoisotopic (exact) mass is 479 g/mol. The minimum atomic E-state index is -4.43. The van der Waals surface area contributed by atoms with Crippen molar-refractivity contribution < 1.29 is 18.0 Å². The molecule has 1 amide bonds. The van der Waals surface area contributed by atoms with Crippen LogP contribution in [0.4, 0.5) is 13.2 Å². The minimum absolute atomic E-state index is 0.331. The minimum Gasteiger partial charge on any atom is -0.366 e. The first kappa shape index (κ1) is 21.4. The Labute approximate surface area is 195 Å². The summed E-state index contributed by atoms with van der Waals surface area (Å²) in [5, 5.41) is 2.69. The number of carbonyl (C=O) groups excluding carboxylic acids is 1. The normalized spacial score (nSPS) is 11.7. The number of fused-ring (bicyclic) bond motifs is 1. The molecule has 2 N–H and O–H groups in total. The lowest BCUT2D eigenvalue weighted by Crippen LogP contribution is -2.11. The number of hydrogen-bond donors (Lipinski definition) is 1. The fourth-order valence-electron chi connectivity index (χ4n) is 3.90. The van der Waals surface area contributed by atoms with Gasteiger partial charge in [-0.1, -0.05) is 48.5 Å². The summed E-state index contributed by atoms with van der Waals surface area (Å²) in [5.41, 5.74) is 8.84. The summed E-state index contributed by atoms with van der Waals surface area (Å²) in [5.74, 6) is -0.610. The number of amides is 1. The molecule has 0 fully saturated rings. The van der Waals surface area contributed by atoms with Gasteiger partial charge in [0.2, 0.25) is 0 Å². The van der Waals surface area contributed by atoms with E-state index in [1.54, 1.807) is 11.3 Å². The maximum absolute atomic E-state index is 13.0. The van der Waals surface area contributed by atoms with Gasteiger partial charge in [0, 0.05) is 25.4 Å². The lowest BCUT2D eigenvalue weighted by molar-refractivity contribution is -0.137. The van der Waals surface area contributed by atoms with Crippen molar-refractivity contribution in [2.45, 2.75) is 6.18 Å². The highest BCUT2D eigenvalue weighted by molar-refractivity contribution is 7.23. The molecule has 2 nitrogen and oxygen atoms in total. The molecule has 0 aliphatic rings. The van der Waals surface area contributed by atoms with Crippen LogP contribution in [0, 0.1) is 0 Å². The molecule has 7 heteroatoms. The van der Waals surface area contributed by atoms with E-state index in [4.69, 9.17) is 5.73 Å². The molecule has 0 aliphatic carbocycles. The van der Waals surface area contributed by atoms with E-state index in [0.29, 0.717) is 16.0 Å². The molecule has 0 unspecified atom stereocenters. The second-order valence-corrected chi connectivity index (χ2v) is 9.49. The smallest absolute Gasteiger partial charge is 0.366 e. The molecule has 0 spiro atoms. The van der Waals surface area contributed by atoms with E-state index in [1.807, 2.05) is 60.0 Å². The third-order valence-electron chi connectivity index (χ3n) is 5.41. The maximum atomic E-state index is 13.0. The first-order chi connectivity index (χ1) is 15.8. The van der Waals surface area contributed by atoms with Crippen molar-refractivity contribution in [1.29, 1.82) is 0 Å². The van der Waals surface area contributed by atoms with E-state index in [2.05, 4.69) is 0 Å². The number of benzene rings is 3. The Morgan fingerprint density at radius 2 is 1.55 bits per heavy atom. The lowest BCUT2D eigenvalue weighted by atomic mass is 9.96. The van der Waals surface area contributed by atoms with Gasteiger partial charge in [-0.2, -0.15) is 13.2 Å². The van der Waals surface area contributed by atoms with E-state index in [-0.39, 0.29) is 0 Å². The highest BCUT2D eigenvalue weighted by Crippen LogP contribution is 2.46. The van der Waals surface area contributed by atoms with Crippen molar-refractivity contribution in [3.8, 4) is 32.0 Å². The average molecular weight is 480 g/mol. The Kier molecular flexibility index (Phi) is 5.31. The van der Waals surface area contributed by atoms with Crippen LogP contribution in [0.15, 0.2) is 84.2 Å². The number of primary amides is 1. The maximum Gasteiger partial charge on any atom is 0.416 e. The number of thiophene rings is 2. The zero-order chi connectivity index (χ0) is 23.2. The lowest BCUT2D eigenvalue weighted by Gasteiger charge is -2.09. The summed E-state index contributed by atoms with van der Waals surface area (Å²) in [6.07, 6.45) is -4.43. The van der Waals surface area contributed by atoms with Crippen LogP contribution in [0.5, 0.6) is 0 Å². The molecule has 164 valence electrons. The van der Waals surface area contributed by atoms with Crippen LogP contribution in [0.3, 0.4) is 0 Å². The van der Waals surface area contributed by atoms with Gasteiger partial charge >= 0.3 is 6.18 Å². The first-order valence-electron chi connectivity index (χ1n) is 10.00. The molecule has 0 radical (unpaired) electrons. The van der Waals surface area contributed by atoms with Crippen LogP contribution >= 0.6 is 22.7 Å². The van der Waals surface area contributed by atoms with Crippen LogP contribution in [0.1, 0.15) is 15.9 Å². The molecule has 2 heterocycles. The van der Waals surface area contributed by atoms with Crippen molar-refractivity contribution in [2.24, 2.45) is 5.73 Å². The summed E-state index contributed by atoms with van der Waals surface area (Å²) in [6.45, 7) is 0. The molecule has 0 saturated carbocycles. The number of rotatable bonds is 4. The number of nitrogens with two attached hydrogens (primary N) is 1. The van der Waals surface area contributed by atoms with Crippen LogP contribution in [0.25, 0.3) is 42.1 Å². The zero-order valence-electron chi connectivity index (χ0n) is 17.0. The summed E-state index contributed by atoms with van der Waals surface area (Å²) in [7, 11) is 0. The summed E-state index contributed by atoms with van der Waals surface area (Å²) >= 11 is 2.91. The van der Waals surface area contributed by atoms with Gasteiger partial charge in [0.1, 0.15) is 0 Å². The third-order valence-corrected chi connectivity index (χ3v) is 7.49. The van der Waals surface area contributed by atoms with Crippen molar-refractivity contribution >= 4 is 38.7 Å². The highest BCUT2D eigenvalue weighted by atomic mass is 32.1. The molecule has 33 heavy (non-hydrogen) atoms. The predicted octanol–water partition coefficient (Wildman–Crippen LogP) is 8.08. The van der Waals surface area contributed by atoms with Gasteiger partial charge in [-0.25, -0.2) is 0 Å². The Balaban J connectivity index is 1.79. The molecular weight excluding hydrogens is 463 g/mol. The number of carbonyl (C=O) groups is 1. The summed E-state index contributed by atoms with van der Waals surface area (Å²) in [6, 6.07) is 22.7. The molecule has 0 bridgehead atoms. The van der Waals surface area contributed by atoms with E-state index < -0.39 is 17.6 Å². The second-order valence-electron chi connectivity index (χ2n) is 7.49. The van der Waals surface area contributed by atoms with E-state index in [1.165, 1.54) is 23.5 Å². The molecule has 3 aromatic carbocycles. The largest absolute Gasteiger partial charge is 0.416 e. The van der Waals surface area contributed by atoms with Gasteiger partial charge in [-0.05, 0) is 52.4 Å². The quantitative estimate of drug-likeness (QED) is 0.278. The van der Waals surface area contributed by atoms with Crippen molar-refractivity contribution in [1.82, 2.24) is 0 Å². The standard InChI is InChI=1S/C26H16F3NOS2/c27-26(28,29)18-10-8-16(9-11-18)24-23(25(30)31)22-19(20-7-4-12-32-20)13-17(14-21(22)33-24)15-5-2-1-3-6-15/h1-14H,(H2,30,31). The molecular formula is C26H16F3NOS2. The average Bonchev–Trinajstić information content (AvgIpc) is 3.47. The molecule has 0 aliphatic heterocycles. The first-order valence-corrected chi connectivity index (χ1v) is 11.7. The van der Waals surface area contributed by atoms with Crippen LogP contribution in [0.2, 0.25) is 0 Å². The van der Waals surface area contributed by atoms with E-state index in [9.17, 15) is 18.0 Å². The van der Waals surface area contributed by atoms with E-state index >= 15 is 0 Å². The van der Waals surface area contributed by atoms with Gasteiger partial charge in [-0.15, -0.1) is 22.7 Å². The van der Waals surface area contributed by atoms with Crippen LogP contribution in [-0.2, 0) is 6.18 Å². The van der Waals surface area contributed by atoms with E-state index in [0.717, 1.165) is 43.8 Å². The number of alkyl halides is 3. The van der Waals surface area contributed by atoms with Gasteiger partial charge in [0.05, 0.1) is 11.1 Å². The third kappa shape index (κ3) is 3.94.